The fraction of sp³-hybridized carbons (Fsp3) is 0.837. The Morgan fingerprint density at radius 2 is 0.864 bits per heavy atom. The minimum absolute atomic E-state index is 0.0956. The predicted octanol–water partition coefficient (Wildman–Crippen LogP) is 5.53. The number of carbonyl (C=O) groups excluding carboxylic acids is 8. The molecule has 0 aromatic carbocycles. The molecular weight excluding hydrogens is 845 g/mol. The van der Waals surface area contributed by atoms with Crippen LogP contribution in [0.1, 0.15) is 168 Å². The lowest BCUT2D eigenvalue weighted by atomic mass is 9.92. The number of unbranched alkanes of at least 4 members (excludes halogenated alkanes) is 1. The van der Waals surface area contributed by atoms with Crippen molar-refractivity contribution in [1.29, 1.82) is 0 Å². The quantitative estimate of drug-likeness (QED) is 0.0722. The summed E-state index contributed by atoms with van der Waals surface area (Å²) < 4.78 is 5.28. The molecule has 17 nitrogen and oxygen atoms in total. The minimum atomic E-state index is -0.993. The molecule has 0 unspecified atom stereocenters. The van der Waals surface area contributed by atoms with Gasteiger partial charge in [-0.1, -0.05) is 48.0 Å². The molecule has 382 valence electrons. The predicted molar refractivity (Wildman–Crippen MR) is 260 cm³/mol. The number of amides is 7. The average molecular weight is 937 g/mol. The third-order valence-electron chi connectivity index (χ3n) is 11.8. The third-order valence-corrected chi connectivity index (χ3v) is 11.8. The van der Waals surface area contributed by atoms with E-state index in [4.69, 9.17) is 4.74 Å². The van der Waals surface area contributed by atoms with Crippen molar-refractivity contribution in [3.63, 3.8) is 0 Å². The van der Waals surface area contributed by atoms with E-state index in [9.17, 15) is 38.4 Å². The Morgan fingerprint density at radius 3 is 1.20 bits per heavy atom. The summed E-state index contributed by atoms with van der Waals surface area (Å²) in [6.07, 6.45) is 4.56. The molecule has 0 saturated heterocycles. The van der Waals surface area contributed by atoms with Crippen molar-refractivity contribution >= 4 is 47.3 Å². The Kier molecular flexibility index (Phi) is 29.6. The van der Waals surface area contributed by atoms with Gasteiger partial charge in [0.25, 0.3) is 0 Å². The molecule has 0 aromatic rings. The maximum absolute atomic E-state index is 14.6. The van der Waals surface area contributed by atoms with Crippen molar-refractivity contribution in [2.75, 3.05) is 52.9 Å². The Hall–Kier alpha value is -4.28. The Morgan fingerprint density at radius 1 is 0.500 bits per heavy atom. The van der Waals surface area contributed by atoms with Gasteiger partial charge in [0.1, 0.15) is 29.8 Å². The summed E-state index contributed by atoms with van der Waals surface area (Å²) in [5, 5.41) is 8.58. The molecule has 0 bridgehead atoms. The van der Waals surface area contributed by atoms with E-state index in [1.54, 1.807) is 67.2 Å². The minimum Gasteiger partial charge on any atom is -0.444 e. The van der Waals surface area contributed by atoms with E-state index in [1.807, 2.05) is 41.5 Å². The number of ether oxygens (including phenoxy) is 1. The number of ketones is 1. The second kappa shape index (κ2) is 31.6. The zero-order chi connectivity index (χ0) is 50.9. The van der Waals surface area contributed by atoms with Crippen LogP contribution in [0.3, 0.4) is 0 Å². The summed E-state index contributed by atoms with van der Waals surface area (Å²) >= 11 is 0. The molecule has 0 radical (unpaired) electrons. The zero-order valence-electron chi connectivity index (χ0n) is 44.0. The first kappa shape index (κ1) is 61.7. The Labute approximate surface area is 398 Å². The van der Waals surface area contributed by atoms with Gasteiger partial charge in [0.2, 0.25) is 35.4 Å². The lowest BCUT2D eigenvalue weighted by Crippen LogP contribution is -2.61. The van der Waals surface area contributed by atoms with E-state index >= 15 is 0 Å². The van der Waals surface area contributed by atoms with Gasteiger partial charge in [-0.2, -0.15) is 0 Å². The van der Waals surface area contributed by atoms with Crippen LogP contribution in [-0.2, 0) is 38.3 Å². The lowest BCUT2D eigenvalue weighted by Gasteiger charge is -2.40. The molecule has 0 aromatic heterocycles. The van der Waals surface area contributed by atoms with Gasteiger partial charge in [0.15, 0.2) is 5.78 Å². The van der Waals surface area contributed by atoms with Crippen LogP contribution < -0.4 is 16.0 Å². The summed E-state index contributed by atoms with van der Waals surface area (Å²) in [4.78, 5) is 118. The van der Waals surface area contributed by atoms with E-state index in [-0.39, 0.29) is 56.1 Å². The summed E-state index contributed by atoms with van der Waals surface area (Å²) in [5.41, 5.74) is -0.625. The van der Waals surface area contributed by atoms with Crippen molar-refractivity contribution < 1.29 is 43.1 Å². The monoisotopic (exact) mass is 937 g/mol. The van der Waals surface area contributed by atoms with Gasteiger partial charge < -0.3 is 45.2 Å². The number of rotatable bonds is 32. The van der Waals surface area contributed by atoms with Crippen molar-refractivity contribution in [3.8, 4) is 0 Å². The summed E-state index contributed by atoms with van der Waals surface area (Å²) in [7, 11) is 1.51. The maximum Gasteiger partial charge on any atom is 0.407 e. The van der Waals surface area contributed by atoms with Crippen LogP contribution in [0.4, 0.5) is 4.79 Å². The van der Waals surface area contributed by atoms with Gasteiger partial charge in [-0.05, 0) is 120 Å². The molecule has 3 N–H and O–H groups in total. The van der Waals surface area contributed by atoms with Gasteiger partial charge in [-0.15, -0.1) is 0 Å². The van der Waals surface area contributed by atoms with Gasteiger partial charge in [-0.3, -0.25) is 33.6 Å². The zero-order valence-corrected chi connectivity index (χ0v) is 44.0. The first-order chi connectivity index (χ1) is 31.0. The molecule has 0 aliphatic rings. The van der Waals surface area contributed by atoms with E-state index in [0.717, 1.165) is 6.42 Å². The highest BCUT2D eigenvalue weighted by Crippen LogP contribution is 2.21. The molecular formula is C49H92N8O9. The SMILES string of the molecule is CCCN[C@@H](C)C(=O)N(CCC)[C@@H](C)C(=O)N(CCC)[C@@H](C)C(=O)N(CCC)[C@@H](C)C(=O)N(CCC)[C@@H](C)C(=O)N(CCC)[C@@H](C)C(=O)C[C@H](CCCCNC(=O)OC(C)(C)C)C(=O)NC. The van der Waals surface area contributed by atoms with Crippen LogP contribution in [-0.4, -0.2) is 167 Å². The second-order valence-corrected chi connectivity index (χ2v) is 18.6. The first-order valence-electron chi connectivity index (χ1n) is 24.9. The number of nitrogens with one attached hydrogen (secondary N) is 3. The summed E-state index contributed by atoms with van der Waals surface area (Å²) in [6, 6.07) is -5.13. The molecule has 0 fully saturated rings. The van der Waals surface area contributed by atoms with Crippen molar-refractivity contribution in [2.24, 2.45) is 5.92 Å². The third kappa shape index (κ3) is 19.9. The molecule has 66 heavy (non-hydrogen) atoms. The number of carbonyl (C=O) groups is 8. The van der Waals surface area contributed by atoms with E-state index < -0.39 is 71.6 Å². The summed E-state index contributed by atoms with van der Waals surface area (Å²) in [6.45, 7) is 29.3. The van der Waals surface area contributed by atoms with Crippen LogP contribution in [0.2, 0.25) is 0 Å². The topological polar surface area (TPSA) is 198 Å². The standard InChI is InChI=1S/C49H92N8O9/c1-17-26-51-34(7)43(60)54(29-19-3)36(9)45(62)56(31-21-5)38(11)47(64)57(32-22-6)39(12)46(63)55(30-20-4)37(10)44(61)53(28-18-2)35(8)41(58)33-40(42(59)50-16)25-23-24-27-52-48(65)66-49(13,14)15/h34-40,51H,17-33H2,1-16H3,(H,50,59)(H,52,65)/t34-,35-,36-,37-,38-,39-,40-/m0/s1. The molecule has 0 spiro atoms. The lowest BCUT2D eigenvalue weighted by molar-refractivity contribution is -0.156. The Balaban J connectivity index is 6.41. The van der Waals surface area contributed by atoms with Crippen molar-refractivity contribution in [2.45, 2.75) is 210 Å². The molecule has 17 heteroatoms. The Bertz CT molecular complexity index is 1540. The molecule has 0 saturated carbocycles. The maximum atomic E-state index is 14.6. The average Bonchev–Trinajstić information content (AvgIpc) is 3.27. The van der Waals surface area contributed by atoms with E-state index in [1.165, 1.54) is 26.6 Å². The van der Waals surface area contributed by atoms with E-state index in [2.05, 4.69) is 16.0 Å². The number of hydrogen-bond acceptors (Lipinski definition) is 10. The molecule has 0 aliphatic carbocycles. The van der Waals surface area contributed by atoms with Gasteiger partial charge in [0.05, 0.1) is 12.1 Å². The van der Waals surface area contributed by atoms with Crippen LogP contribution in [0, 0.1) is 5.92 Å². The highest BCUT2D eigenvalue weighted by Gasteiger charge is 2.40. The van der Waals surface area contributed by atoms with Crippen LogP contribution >= 0.6 is 0 Å². The summed E-state index contributed by atoms with van der Waals surface area (Å²) in [5.74, 6) is -3.02. The van der Waals surface area contributed by atoms with E-state index in [0.29, 0.717) is 71.0 Å². The molecule has 0 aliphatic heterocycles. The van der Waals surface area contributed by atoms with Gasteiger partial charge in [0, 0.05) is 58.7 Å². The fourth-order valence-electron chi connectivity index (χ4n) is 8.01. The van der Waals surface area contributed by atoms with Crippen molar-refractivity contribution in [1.82, 2.24) is 40.4 Å². The van der Waals surface area contributed by atoms with Crippen LogP contribution in [0.15, 0.2) is 0 Å². The normalized spacial score (nSPS) is 14.6. The fourth-order valence-corrected chi connectivity index (χ4v) is 8.01. The number of nitrogens with zero attached hydrogens (tertiary/aromatic N) is 5. The number of alkyl carbamates (subject to hydrolysis) is 1. The van der Waals surface area contributed by atoms with Crippen LogP contribution in [0.5, 0.6) is 0 Å². The second-order valence-electron chi connectivity index (χ2n) is 18.6. The van der Waals surface area contributed by atoms with Crippen molar-refractivity contribution in [3.05, 3.63) is 0 Å². The smallest absolute Gasteiger partial charge is 0.407 e. The molecule has 7 atom stereocenters. The van der Waals surface area contributed by atoms with Crippen LogP contribution in [0.25, 0.3) is 0 Å². The largest absolute Gasteiger partial charge is 0.444 e. The highest BCUT2D eigenvalue weighted by molar-refractivity contribution is 5.97. The molecule has 0 heterocycles. The number of hydrogen-bond donors (Lipinski definition) is 3. The molecule has 7 amide bonds. The molecule has 0 rings (SSSR count). The van der Waals surface area contributed by atoms with Gasteiger partial charge >= 0.3 is 6.09 Å². The number of Topliss-reactive ketones (excluding diaryl/α,β-unsaturated/α-hetero) is 1. The van der Waals surface area contributed by atoms with Gasteiger partial charge in [-0.25, -0.2) is 4.79 Å². The first-order valence-corrected chi connectivity index (χ1v) is 24.9. The highest BCUT2D eigenvalue weighted by atomic mass is 16.6.